The summed E-state index contributed by atoms with van der Waals surface area (Å²) in [6.45, 7) is 22.8. The van der Waals surface area contributed by atoms with Crippen molar-refractivity contribution in [3.63, 3.8) is 0 Å². The van der Waals surface area contributed by atoms with Gasteiger partial charge in [-0.1, -0.05) is 0 Å². The molecule has 3 atom stereocenters. The average molecular weight is 379 g/mol. The molecule has 0 spiro atoms. The van der Waals surface area contributed by atoms with E-state index in [1.807, 2.05) is 7.11 Å². The van der Waals surface area contributed by atoms with Crippen LogP contribution in [0.3, 0.4) is 0 Å². The van der Waals surface area contributed by atoms with Crippen molar-refractivity contribution in [3.8, 4) is 0 Å². The highest BCUT2D eigenvalue weighted by Gasteiger charge is 2.47. The van der Waals surface area contributed by atoms with Gasteiger partial charge >= 0.3 is 0 Å². The van der Waals surface area contributed by atoms with Crippen molar-refractivity contribution in [2.45, 2.75) is 87.7 Å². The van der Waals surface area contributed by atoms with E-state index in [4.69, 9.17) is 4.74 Å². The van der Waals surface area contributed by atoms with Crippen LogP contribution in [0.5, 0.6) is 0 Å². The number of hydrogen-bond acceptors (Lipinski definition) is 1. The van der Waals surface area contributed by atoms with Gasteiger partial charge in [0.25, 0.3) is 0 Å². The average Bonchev–Trinajstić information content (AvgIpc) is 3.45. The fourth-order valence-corrected chi connectivity index (χ4v) is 5.43. The first-order valence-corrected chi connectivity index (χ1v) is 10.7. The first-order chi connectivity index (χ1) is 13.0. The zero-order valence-electron chi connectivity index (χ0n) is 19.8. The van der Waals surface area contributed by atoms with Crippen molar-refractivity contribution >= 4 is 0 Å². The van der Waals surface area contributed by atoms with Crippen LogP contribution in [0.2, 0.25) is 0 Å². The molecular weight excluding hydrogens is 340 g/mol. The molecule has 1 heteroatoms. The molecule has 2 aromatic carbocycles. The van der Waals surface area contributed by atoms with Crippen LogP contribution >= 0.6 is 0 Å². The van der Waals surface area contributed by atoms with Crippen molar-refractivity contribution in [3.05, 3.63) is 66.8 Å². The third-order valence-corrected chi connectivity index (χ3v) is 8.25. The number of benzene rings is 2. The molecule has 1 nitrogen and oxygen atoms in total. The molecular formula is C27H38O. The van der Waals surface area contributed by atoms with Crippen LogP contribution in [0.1, 0.15) is 85.2 Å². The SMILES string of the molecule is COC(c1c(C)c(C)c(C)c(C)c1C)C1CC1c1c(C)c(C)c(C)c(C)c1C. The monoisotopic (exact) mass is 378 g/mol. The maximum Gasteiger partial charge on any atom is 0.0860 e. The van der Waals surface area contributed by atoms with Crippen molar-refractivity contribution in [1.82, 2.24) is 0 Å². The molecule has 0 radical (unpaired) electrons. The van der Waals surface area contributed by atoms with Gasteiger partial charge in [0.15, 0.2) is 0 Å². The highest BCUT2D eigenvalue weighted by Crippen LogP contribution is 2.58. The standard InChI is InChI=1S/C27H38O/c1-13-15(3)19(7)25(20(8)16(13)4)23-12-24(23)27(28-11)26-21(9)17(5)14(2)18(6)22(26)10/h23-24,27H,12H2,1-11H3. The lowest BCUT2D eigenvalue weighted by Crippen LogP contribution is -2.13. The van der Waals surface area contributed by atoms with E-state index in [1.54, 1.807) is 5.56 Å². The summed E-state index contributed by atoms with van der Waals surface area (Å²) in [5.41, 5.74) is 17.5. The Labute approximate surface area is 172 Å². The second-order valence-electron chi connectivity index (χ2n) is 9.24. The fraction of sp³-hybridized carbons (Fsp3) is 0.556. The highest BCUT2D eigenvalue weighted by molar-refractivity contribution is 5.54. The van der Waals surface area contributed by atoms with E-state index in [0.29, 0.717) is 11.8 Å². The van der Waals surface area contributed by atoms with Crippen molar-refractivity contribution < 1.29 is 4.74 Å². The Bertz CT molecular complexity index is 890. The van der Waals surface area contributed by atoms with Crippen LogP contribution in [-0.4, -0.2) is 7.11 Å². The minimum absolute atomic E-state index is 0.184. The predicted molar refractivity (Wildman–Crippen MR) is 121 cm³/mol. The van der Waals surface area contributed by atoms with E-state index in [2.05, 4.69) is 69.2 Å². The van der Waals surface area contributed by atoms with Gasteiger partial charge in [-0.2, -0.15) is 0 Å². The summed E-state index contributed by atoms with van der Waals surface area (Å²) in [4.78, 5) is 0. The van der Waals surface area contributed by atoms with Gasteiger partial charge in [0.1, 0.15) is 0 Å². The summed E-state index contributed by atoms with van der Waals surface area (Å²) < 4.78 is 6.19. The van der Waals surface area contributed by atoms with E-state index < -0.39 is 0 Å². The second-order valence-corrected chi connectivity index (χ2v) is 9.24. The zero-order chi connectivity index (χ0) is 21.1. The molecule has 0 saturated heterocycles. The largest absolute Gasteiger partial charge is 0.376 e. The Morgan fingerprint density at radius 2 is 0.929 bits per heavy atom. The van der Waals surface area contributed by atoms with Gasteiger partial charge in [0, 0.05) is 7.11 Å². The summed E-state index contributed by atoms with van der Waals surface area (Å²) in [5.74, 6) is 1.19. The van der Waals surface area contributed by atoms with E-state index >= 15 is 0 Å². The summed E-state index contributed by atoms with van der Waals surface area (Å²) in [6, 6.07) is 0. The third kappa shape index (κ3) is 3.03. The van der Waals surface area contributed by atoms with Crippen molar-refractivity contribution in [1.29, 1.82) is 0 Å². The van der Waals surface area contributed by atoms with Crippen LogP contribution in [0.4, 0.5) is 0 Å². The Kier molecular flexibility index (Phi) is 5.53. The molecule has 1 saturated carbocycles. The molecule has 152 valence electrons. The molecule has 0 heterocycles. The van der Waals surface area contributed by atoms with E-state index in [1.165, 1.54) is 67.6 Å². The topological polar surface area (TPSA) is 9.23 Å². The van der Waals surface area contributed by atoms with Crippen molar-refractivity contribution in [2.24, 2.45) is 5.92 Å². The maximum atomic E-state index is 6.19. The maximum absolute atomic E-state index is 6.19. The fourth-order valence-electron chi connectivity index (χ4n) is 5.43. The molecule has 1 fully saturated rings. The molecule has 0 aromatic heterocycles. The minimum Gasteiger partial charge on any atom is -0.376 e. The van der Waals surface area contributed by atoms with Gasteiger partial charge in [-0.25, -0.2) is 0 Å². The summed E-state index contributed by atoms with van der Waals surface area (Å²) in [5, 5.41) is 0. The Morgan fingerprint density at radius 3 is 1.32 bits per heavy atom. The van der Waals surface area contributed by atoms with Gasteiger partial charge in [0.05, 0.1) is 6.10 Å². The van der Waals surface area contributed by atoms with E-state index in [0.717, 1.165) is 0 Å². The molecule has 28 heavy (non-hydrogen) atoms. The molecule has 0 bridgehead atoms. The molecule has 3 rings (SSSR count). The Hall–Kier alpha value is -1.60. The van der Waals surface area contributed by atoms with E-state index in [9.17, 15) is 0 Å². The summed E-state index contributed by atoms with van der Waals surface area (Å²) in [6.07, 6.45) is 1.41. The smallest absolute Gasteiger partial charge is 0.0860 e. The van der Waals surface area contributed by atoms with Crippen LogP contribution in [0.25, 0.3) is 0 Å². The first-order valence-electron chi connectivity index (χ1n) is 10.7. The summed E-state index contributed by atoms with van der Waals surface area (Å²) in [7, 11) is 1.90. The highest BCUT2D eigenvalue weighted by atomic mass is 16.5. The molecule has 1 aliphatic carbocycles. The van der Waals surface area contributed by atoms with Gasteiger partial charge in [-0.05, 0) is 154 Å². The summed E-state index contributed by atoms with van der Waals surface area (Å²) >= 11 is 0. The predicted octanol–water partition coefficient (Wildman–Crippen LogP) is 7.26. The van der Waals surface area contributed by atoms with Gasteiger partial charge < -0.3 is 4.74 Å². The molecule has 2 aromatic rings. The molecule has 3 unspecified atom stereocenters. The zero-order valence-corrected chi connectivity index (χ0v) is 19.8. The Balaban J connectivity index is 2.07. The second kappa shape index (κ2) is 7.34. The normalized spacial score (nSPS) is 19.8. The number of methoxy groups -OCH3 is 1. The lowest BCUT2D eigenvalue weighted by Gasteiger charge is -2.26. The molecule has 0 amide bonds. The molecule has 0 aliphatic heterocycles. The minimum atomic E-state index is 0.184. The first kappa shape index (κ1) is 21.1. The lowest BCUT2D eigenvalue weighted by molar-refractivity contribution is 0.0816. The van der Waals surface area contributed by atoms with Gasteiger partial charge in [-0.3, -0.25) is 0 Å². The number of hydrogen-bond donors (Lipinski definition) is 0. The van der Waals surface area contributed by atoms with Crippen molar-refractivity contribution in [2.75, 3.05) is 7.11 Å². The lowest BCUT2D eigenvalue weighted by atomic mass is 9.83. The quantitative estimate of drug-likeness (QED) is 0.544. The van der Waals surface area contributed by atoms with Gasteiger partial charge in [0.2, 0.25) is 0 Å². The number of ether oxygens (including phenoxy) is 1. The Morgan fingerprint density at radius 1 is 0.571 bits per heavy atom. The van der Waals surface area contributed by atoms with Crippen LogP contribution in [-0.2, 0) is 4.74 Å². The van der Waals surface area contributed by atoms with Gasteiger partial charge in [-0.15, -0.1) is 0 Å². The third-order valence-electron chi connectivity index (χ3n) is 8.25. The van der Waals surface area contributed by atoms with Crippen LogP contribution in [0.15, 0.2) is 0 Å². The van der Waals surface area contributed by atoms with Crippen LogP contribution < -0.4 is 0 Å². The van der Waals surface area contributed by atoms with E-state index in [-0.39, 0.29) is 6.10 Å². The molecule has 0 N–H and O–H groups in total. The van der Waals surface area contributed by atoms with Crippen LogP contribution in [0, 0.1) is 75.2 Å². The number of rotatable bonds is 4. The molecule has 1 aliphatic rings.